The van der Waals surface area contributed by atoms with Crippen LogP contribution in [-0.2, 0) is 0 Å². The summed E-state index contributed by atoms with van der Waals surface area (Å²) in [6.45, 7) is 3.81. The zero-order valence-electron chi connectivity index (χ0n) is 13.3. The fourth-order valence-corrected chi connectivity index (χ4v) is 4.17. The van der Waals surface area contributed by atoms with E-state index >= 15 is 0 Å². The van der Waals surface area contributed by atoms with Gasteiger partial charge < -0.3 is 10.4 Å². The van der Waals surface area contributed by atoms with Gasteiger partial charge in [0.2, 0.25) is 5.52 Å². The van der Waals surface area contributed by atoms with Crippen LogP contribution in [-0.4, -0.2) is 16.3 Å². The number of hydrogen-bond donors (Lipinski definition) is 1. The quantitative estimate of drug-likeness (QED) is 0.631. The second kappa shape index (κ2) is 5.24. The van der Waals surface area contributed by atoms with E-state index in [9.17, 15) is 10.4 Å². The molecule has 2 heterocycles. The lowest BCUT2D eigenvalue weighted by Crippen LogP contribution is -2.46. The largest absolute Gasteiger partial charge is 0.710 e. The third-order valence-electron chi connectivity index (χ3n) is 4.47. The summed E-state index contributed by atoms with van der Waals surface area (Å²) in [4.78, 5) is 4.58. The van der Waals surface area contributed by atoms with Crippen LogP contribution in [0.5, 0.6) is 0 Å². The molecular formula is C17H16N4O2S. The molecule has 0 fully saturated rings. The highest BCUT2D eigenvalue weighted by Gasteiger charge is 2.37. The van der Waals surface area contributed by atoms with Crippen LogP contribution in [0.1, 0.15) is 16.8 Å². The summed E-state index contributed by atoms with van der Waals surface area (Å²) in [5.41, 5.74) is 8.61. The van der Waals surface area contributed by atoms with Crippen LogP contribution in [0, 0.1) is 24.3 Å². The first-order valence-corrected chi connectivity index (χ1v) is 8.50. The van der Waals surface area contributed by atoms with E-state index in [1.165, 1.54) is 11.8 Å². The molecule has 1 aliphatic heterocycles. The lowest BCUT2D eigenvalue weighted by atomic mass is 10.1. The molecule has 4 rings (SSSR count). The van der Waals surface area contributed by atoms with Crippen molar-refractivity contribution >= 4 is 33.7 Å². The van der Waals surface area contributed by atoms with Gasteiger partial charge in [-0.2, -0.15) is 4.73 Å². The van der Waals surface area contributed by atoms with E-state index in [1.807, 2.05) is 38.2 Å². The van der Waals surface area contributed by atoms with E-state index in [-0.39, 0.29) is 28.3 Å². The van der Waals surface area contributed by atoms with Gasteiger partial charge in [0.15, 0.2) is 5.04 Å². The lowest BCUT2D eigenvalue weighted by molar-refractivity contribution is -0.619. The molecular weight excluding hydrogens is 324 g/mol. The summed E-state index contributed by atoms with van der Waals surface area (Å²) in [5.74, 6) is -0.112. The maximum atomic E-state index is 12.9. The maximum absolute atomic E-state index is 12.9. The van der Waals surface area contributed by atoms with E-state index in [0.717, 1.165) is 15.9 Å². The molecule has 0 amide bonds. The number of nitrogens with zero attached hydrogens (tertiary/aromatic N) is 3. The number of rotatable bonds is 1. The number of aliphatic imine (C=N–C) groups is 1. The van der Waals surface area contributed by atoms with Gasteiger partial charge in [0.1, 0.15) is 0 Å². The van der Waals surface area contributed by atoms with Gasteiger partial charge in [-0.25, -0.2) is 4.73 Å². The Morgan fingerprint density at radius 3 is 2.33 bits per heavy atom. The molecule has 0 saturated carbocycles. The first-order valence-electron chi connectivity index (χ1n) is 7.62. The molecule has 24 heavy (non-hydrogen) atoms. The minimum Gasteiger partial charge on any atom is -0.710 e. The third-order valence-corrected chi connectivity index (χ3v) is 5.70. The summed E-state index contributed by atoms with van der Waals surface area (Å²) >= 11 is 1.46. The zero-order chi connectivity index (χ0) is 17.0. The molecule has 1 aromatic carbocycles. The molecule has 122 valence electrons. The Bertz CT molecular complexity index is 965. The highest BCUT2D eigenvalue weighted by Crippen LogP contribution is 2.34. The molecule has 2 N–H and O–H groups in total. The fourth-order valence-electron chi connectivity index (χ4n) is 2.97. The SMILES string of the molecule is Cc1cc2c(cc1C)[n+]([O-])c(C1=N[C@@H]3C=CC=C[C@H]3S1)c(N)[n+]2[O-]. The van der Waals surface area contributed by atoms with Crippen molar-refractivity contribution < 1.29 is 9.46 Å². The van der Waals surface area contributed by atoms with Gasteiger partial charge in [0.25, 0.3) is 5.52 Å². The number of benzene rings is 1. The van der Waals surface area contributed by atoms with Gasteiger partial charge in [0.05, 0.1) is 11.3 Å². The van der Waals surface area contributed by atoms with E-state index in [4.69, 9.17) is 5.73 Å². The summed E-state index contributed by atoms with van der Waals surface area (Å²) < 4.78 is 1.37. The van der Waals surface area contributed by atoms with Crippen LogP contribution in [0.2, 0.25) is 0 Å². The Hall–Kier alpha value is -2.54. The van der Waals surface area contributed by atoms with E-state index in [1.54, 1.807) is 12.1 Å². The molecule has 0 bridgehead atoms. The molecule has 2 atom stereocenters. The molecule has 0 unspecified atom stereocenters. The molecule has 0 radical (unpaired) electrons. The smallest absolute Gasteiger partial charge is 0.353 e. The van der Waals surface area contributed by atoms with Gasteiger partial charge in [-0.05, 0) is 31.0 Å². The number of anilines is 1. The number of nitrogen functional groups attached to an aromatic ring is 1. The van der Waals surface area contributed by atoms with Crippen molar-refractivity contribution in [3.8, 4) is 0 Å². The third kappa shape index (κ3) is 2.08. The summed E-state index contributed by atoms with van der Waals surface area (Å²) in [5, 5.41) is 26.1. The van der Waals surface area contributed by atoms with Crippen LogP contribution < -0.4 is 15.2 Å². The molecule has 1 aromatic heterocycles. The fraction of sp³-hybridized carbons (Fsp3) is 0.235. The number of aryl methyl sites for hydroxylation is 2. The standard InChI is InChI=1S/C17H16N4O2S/c1-9-7-12-13(8-10(9)2)21(23)16(18)15(20(12)22)17-19-11-5-3-4-6-14(11)24-17/h3-8,11,14H,18H2,1-2H3/t11-,14-/m1/s1. The molecule has 6 nitrogen and oxygen atoms in total. The summed E-state index contributed by atoms with van der Waals surface area (Å²) in [6.07, 6.45) is 7.91. The maximum Gasteiger partial charge on any atom is 0.353 e. The van der Waals surface area contributed by atoms with Gasteiger partial charge in [-0.3, -0.25) is 10.7 Å². The molecule has 0 saturated heterocycles. The average Bonchev–Trinajstić information content (AvgIpc) is 2.98. The zero-order valence-corrected chi connectivity index (χ0v) is 14.1. The number of allylic oxidation sites excluding steroid dienone is 2. The van der Waals surface area contributed by atoms with Crippen LogP contribution in [0.4, 0.5) is 5.82 Å². The van der Waals surface area contributed by atoms with Crippen molar-refractivity contribution in [2.45, 2.75) is 25.1 Å². The monoisotopic (exact) mass is 340 g/mol. The Balaban J connectivity index is 1.95. The lowest BCUT2D eigenvalue weighted by Gasteiger charge is -2.14. The van der Waals surface area contributed by atoms with E-state index in [0.29, 0.717) is 15.3 Å². The van der Waals surface area contributed by atoms with E-state index in [2.05, 4.69) is 4.99 Å². The molecule has 1 aliphatic carbocycles. The average molecular weight is 340 g/mol. The van der Waals surface area contributed by atoms with Crippen LogP contribution in [0.25, 0.3) is 11.0 Å². The van der Waals surface area contributed by atoms with Crippen molar-refractivity contribution in [1.29, 1.82) is 0 Å². The Labute approximate surface area is 143 Å². The number of nitrogens with two attached hydrogens (primary N) is 1. The van der Waals surface area contributed by atoms with Gasteiger partial charge >= 0.3 is 11.5 Å². The van der Waals surface area contributed by atoms with Crippen molar-refractivity contribution in [3.05, 3.63) is 63.7 Å². The van der Waals surface area contributed by atoms with Crippen molar-refractivity contribution in [2.75, 3.05) is 5.73 Å². The minimum atomic E-state index is -0.112. The Morgan fingerprint density at radius 1 is 1.04 bits per heavy atom. The van der Waals surface area contributed by atoms with Crippen molar-refractivity contribution in [1.82, 2.24) is 0 Å². The van der Waals surface area contributed by atoms with Gasteiger partial charge in [0, 0.05) is 6.07 Å². The summed E-state index contributed by atoms with van der Waals surface area (Å²) in [6, 6.07) is 3.40. The van der Waals surface area contributed by atoms with Crippen LogP contribution in [0.3, 0.4) is 0 Å². The second-order valence-corrected chi connectivity index (χ2v) is 7.19. The van der Waals surface area contributed by atoms with Crippen LogP contribution >= 0.6 is 11.8 Å². The number of hydrogen-bond acceptors (Lipinski definition) is 5. The molecule has 2 aromatic rings. The Morgan fingerprint density at radius 2 is 1.67 bits per heavy atom. The highest BCUT2D eigenvalue weighted by molar-refractivity contribution is 8.15. The van der Waals surface area contributed by atoms with Crippen molar-refractivity contribution in [2.24, 2.45) is 4.99 Å². The first kappa shape index (κ1) is 15.0. The normalized spacial score (nSPS) is 22.0. The molecule has 7 heteroatoms. The summed E-state index contributed by atoms with van der Waals surface area (Å²) in [7, 11) is 0. The van der Waals surface area contributed by atoms with Crippen molar-refractivity contribution in [3.63, 3.8) is 0 Å². The second-order valence-electron chi connectivity index (χ2n) is 6.02. The highest BCUT2D eigenvalue weighted by atomic mass is 32.2. The first-order chi connectivity index (χ1) is 11.5. The number of fused-ring (bicyclic) bond motifs is 2. The van der Waals surface area contributed by atoms with Crippen LogP contribution in [0.15, 0.2) is 41.4 Å². The van der Waals surface area contributed by atoms with E-state index < -0.39 is 0 Å². The minimum absolute atomic E-state index is 0.0232. The predicted octanol–water partition coefficient (Wildman–Crippen LogP) is 1.66. The van der Waals surface area contributed by atoms with Gasteiger partial charge in [-0.15, -0.1) is 0 Å². The Kier molecular flexibility index (Phi) is 3.28. The van der Waals surface area contributed by atoms with Gasteiger partial charge in [-0.1, -0.05) is 36.1 Å². The molecule has 2 aliphatic rings. The number of aromatic nitrogens is 2. The predicted molar refractivity (Wildman–Crippen MR) is 95.7 cm³/mol. The molecule has 0 spiro atoms. The topological polar surface area (TPSA) is 92.3 Å². The number of thioether (sulfide) groups is 1.